The van der Waals surface area contributed by atoms with Crippen LogP contribution in [-0.2, 0) is 0 Å². The third kappa shape index (κ3) is 3.05. The molecule has 2 atom stereocenters. The topological polar surface area (TPSA) is 45.0 Å². The van der Waals surface area contributed by atoms with Gasteiger partial charge in [-0.25, -0.2) is 0 Å². The second-order valence-electron chi connectivity index (χ2n) is 6.76. The molecule has 0 aliphatic carbocycles. The Morgan fingerprint density at radius 2 is 1.92 bits per heavy atom. The van der Waals surface area contributed by atoms with Crippen LogP contribution in [0.25, 0.3) is 5.52 Å². The molecule has 0 spiro atoms. The second kappa shape index (κ2) is 6.73. The van der Waals surface area contributed by atoms with Crippen molar-refractivity contribution in [2.75, 3.05) is 19.7 Å². The van der Waals surface area contributed by atoms with Crippen molar-refractivity contribution < 1.29 is 9.90 Å². The standard InChI is InChI=1S/C21H22N2O2/c24-15-18-14-23(11-9-20(18)16-6-2-1-3-7-16)21(25)17-12-19-8-4-5-10-22(19)13-17/h1-8,10,12-13,18,20,24H,9,11,14-15H2/t18-,20+/m1/s1. The number of carbonyl (C=O) groups excluding carboxylic acids is 1. The van der Waals surface area contributed by atoms with Crippen molar-refractivity contribution in [3.05, 3.63) is 78.1 Å². The molecule has 3 heterocycles. The fraction of sp³-hybridized carbons (Fsp3) is 0.286. The highest BCUT2D eigenvalue weighted by molar-refractivity contribution is 5.95. The molecule has 0 radical (unpaired) electrons. The Hall–Kier alpha value is -2.59. The zero-order chi connectivity index (χ0) is 17.2. The Bertz CT molecular complexity index is 839. The zero-order valence-electron chi connectivity index (χ0n) is 14.1. The van der Waals surface area contributed by atoms with E-state index in [2.05, 4.69) is 12.1 Å². The van der Waals surface area contributed by atoms with Crippen LogP contribution in [0.3, 0.4) is 0 Å². The molecule has 2 aromatic heterocycles. The molecule has 1 aliphatic rings. The molecule has 1 aromatic carbocycles. The molecule has 1 saturated heterocycles. The van der Waals surface area contributed by atoms with Crippen LogP contribution in [0, 0.1) is 5.92 Å². The van der Waals surface area contributed by atoms with Crippen molar-refractivity contribution in [1.29, 1.82) is 0 Å². The maximum atomic E-state index is 12.9. The first-order chi connectivity index (χ1) is 12.3. The van der Waals surface area contributed by atoms with Gasteiger partial charge < -0.3 is 14.4 Å². The number of amides is 1. The molecule has 25 heavy (non-hydrogen) atoms. The Labute approximate surface area is 147 Å². The van der Waals surface area contributed by atoms with Crippen LogP contribution in [0.4, 0.5) is 0 Å². The number of likely N-dealkylation sites (tertiary alicyclic amines) is 1. The summed E-state index contributed by atoms with van der Waals surface area (Å²) in [6, 6.07) is 18.2. The molecule has 3 aromatic rings. The summed E-state index contributed by atoms with van der Waals surface area (Å²) in [6.07, 6.45) is 4.72. The quantitative estimate of drug-likeness (QED) is 0.799. The third-order valence-electron chi connectivity index (χ3n) is 5.23. The highest BCUT2D eigenvalue weighted by Crippen LogP contribution is 2.33. The first-order valence-corrected chi connectivity index (χ1v) is 8.78. The lowest BCUT2D eigenvalue weighted by atomic mass is 9.81. The van der Waals surface area contributed by atoms with E-state index in [4.69, 9.17) is 0 Å². The highest BCUT2D eigenvalue weighted by atomic mass is 16.3. The van der Waals surface area contributed by atoms with E-state index in [1.807, 2.05) is 64.2 Å². The molecular formula is C21H22N2O2. The summed E-state index contributed by atoms with van der Waals surface area (Å²) in [5.74, 6) is 0.439. The van der Waals surface area contributed by atoms with Crippen molar-refractivity contribution in [3.8, 4) is 0 Å². The van der Waals surface area contributed by atoms with Gasteiger partial charge in [-0.15, -0.1) is 0 Å². The van der Waals surface area contributed by atoms with Gasteiger partial charge in [0.05, 0.1) is 5.56 Å². The first kappa shape index (κ1) is 15.9. The number of benzene rings is 1. The Morgan fingerprint density at radius 3 is 2.68 bits per heavy atom. The number of aliphatic hydroxyl groups is 1. The van der Waals surface area contributed by atoms with Gasteiger partial charge in [0.2, 0.25) is 0 Å². The van der Waals surface area contributed by atoms with Crippen molar-refractivity contribution in [1.82, 2.24) is 9.30 Å². The van der Waals surface area contributed by atoms with E-state index < -0.39 is 0 Å². The van der Waals surface area contributed by atoms with E-state index in [-0.39, 0.29) is 18.4 Å². The summed E-state index contributed by atoms with van der Waals surface area (Å²) >= 11 is 0. The van der Waals surface area contributed by atoms with Crippen LogP contribution < -0.4 is 0 Å². The predicted octanol–water partition coefficient (Wildman–Crippen LogP) is 3.18. The van der Waals surface area contributed by atoms with Crippen LogP contribution in [0.5, 0.6) is 0 Å². The van der Waals surface area contributed by atoms with Crippen LogP contribution in [-0.4, -0.2) is 40.0 Å². The van der Waals surface area contributed by atoms with Gasteiger partial charge in [0.25, 0.3) is 5.91 Å². The number of aromatic nitrogens is 1. The molecule has 1 amide bonds. The fourth-order valence-corrected chi connectivity index (χ4v) is 3.90. The Balaban J connectivity index is 1.53. The monoisotopic (exact) mass is 334 g/mol. The van der Waals surface area contributed by atoms with E-state index in [0.29, 0.717) is 18.0 Å². The molecular weight excluding hydrogens is 312 g/mol. The minimum Gasteiger partial charge on any atom is -0.396 e. The lowest BCUT2D eigenvalue weighted by Gasteiger charge is -2.38. The molecule has 0 bridgehead atoms. The number of hydrogen-bond acceptors (Lipinski definition) is 2. The number of rotatable bonds is 3. The highest BCUT2D eigenvalue weighted by Gasteiger charge is 2.32. The Kier molecular flexibility index (Phi) is 4.28. The van der Waals surface area contributed by atoms with Crippen molar-refractivity contribution in [2.45, 2.75) is 12.3 Å². The molecule has 128 valence electrons. The molecule has 1 fully saturated rings. The van der Waals surface area contributed by atoms with Gasteiger partial charge in [0.1, 0.15) is 0 Å². The van der Waals surface area contributed by atoms with E-state index in [9.17, 15) is 9.90 Å². The summed E-state index contributed by atoms with van der Waals surface area (Å²) in [5, 5.41) is 9.87. The van der Waals surface area contributed by atoms with Crippen LogP contribution in [0.2, 0.25) is 0 Å². The molecule has 1 N–H and O–H groups in total. The minimum absolute atomic E-state index is 0.0497. The van der Waals surface area contributed by atoms with Crippen LogP contribution in [0.15, 0.2) is 67.0 Å². The number of nitrogens with zero attached hydrogens (tertiary/aromatic N) is 2. The molecule has 4 heteroatoms. The normalized spacial score (nSPS) is 20.8. The van der Waals surface area contributed by atoms with E-state index in [1.165, 1.54) is 5.56 Å². The number of aliphatic hydroxyl groups excluding tert-OH is 1. The SMILES string of the molecule is O=C(c1cc2ccccn2c1)N1CC[C@@H](c2ccccc2)[C@@H](CO)C1. The van der Waals surface area contributed by atoms with Gasteiger partial charge in [-0.1, -0.05) is 36.4 Å². The first-order valence-electron chi connectivity index (χ1n) is 8.78. The minimum atomic E-state index is 0.0497. The fourth-order valence-electron chi connectivity index (χ4n) is 3.90. The average molecular weight is 334 g/mol. The van der Waals surface area contributed by atoms with Crippen molar-refractivity contribution in [3.63, 3.8) is 0 Å². The van der Waals surface area contributed by atoms with E-state index >= 15 is 0 Å². The third-order valence-corrected chi connectivity index (χ3v) is 5.23. The Morgan fingerprint density at radius 1 is 1.12 bits per heavy atom. The van der Waals surface area contributed by atoms with E-state index in [1.54, 1.807) is 0 Å². The van der Waals surface area contributed by atoms with Gasteiger partial charge >= 0.3 is 0 Å². The van der Waals surface area contributed by atoms with Crippen LogP contribution in [0.1, 0.15) is 28.3 Å². The smallest absolute Gasteiger partial charge is 0.255 e. The molecule has 0 unspecified atom stereocenters. The summed E-state index contributed by atoms with van der Waals surface area (Å²) < 4.78 is 1.97. The van der Waals surface area contributed by atoms with Crippen molar-refractivity contribution in [2.24, 2.45) is 5.92 Å². The summed E-state index contributed by atoms with van der Waals surface area (Å²) in [7, 11) is 0. The lowest BCUT2D eigenvalue weighted by molar-refractivity contribution is 0.0578. The largest absolute Gasteiger partial charge is 0.396 e. The average Bonchev–Trinajstić information content (AvgIpc) is 3.12. The number of fused-ring (bicyclic) bond motifs is 1. The molecule has 0 saturated carbocycles. The number of piperidine rings is 1. The summed E-state index contributed by atoms with van der Waals surface area (Å²) in [6.45, 7) is 1.42. The maximum Gasteiger partial charge on any atom is 0.255 e. The van der Waals surface area contributed by atoms with E-state index in [0.717, 1.165) is 18.5 Å². The number of hydrogen-bond donors (Lipinski definition) is 1. The summed E-state index contributed by atoms with van der Waals surface area (Å²) in [4.78, 5) is 14.8. The lowest BCUT2D eigenvalue weighted by Crippen LogP contribution is -2.44. The summed E-state index contributed by atoms with van der Waals surface area (Å²) in [5.41, 5.74) is 2.98. The van der Waals surface area contributed by atoms with Gasteiger partial charge in [0, 0.05) is 43.5 Å². The molecule has 4 rings (SSSR count). The number of pyridine rings is 1. The zero-order valence-corrected chi connectivity index (χ0v) is 14.1. The molecule has 1 aliphatic heterocycles. The maximum absolute atomic E-state index is 12.9. The molecule has 4 nitrogen and oxygen atoms in total. The van der Waals surface area contributed by atoms with Gasteiger partial charge in [0.15, 0.2) is 0 Å². The van der Waals surface area contributed by atoms with Gasteiger partial charge in [-0.3, -0.25) is 4.79 Å². The second-order valence-corrected chi connectivity index (χ2v) is 6.76. The predicted molar refractivity (Wildman–Crippen MR) is 97.7 cm³/mol. The van der Waals surface area contributed by atoms with Crippen molar-refractivity contribution >= 4 is 11.4 Å². The van der Waals surface area contributed by atoms with Gasteiger partial charge in [-0.05, 0) is 36.1 Å². The van der Waals surface area contributed by atoms with Crippen LogP contribution >= 0.6 is 0 Å². The number of carbonyl (C=O) groups is 1. The van der Waals surface area contributed by atoms with Gasteiger partial charge in [-0.2, -0.15) is 0 Å².